The van der Waals surface area contributed by atoms with Crippen molar-refractivity contribution in [3.8, 4) is 0 Å². The lowest BCUT2D eigenvalue weighted by Gasteiger charge is -2.27. The van der Waals surface area contributed by atoms with Crippen LogP contribution in [0.3, 0.4) is 0 Å². The number of carbonyl (C=O) groups is 2. The van der Waals surface area contributed by atoms with E-state index in [0.29, 0.717) is 37.4 Å². The number of hydrogen-bond acceptors (Lipinski definition) is 5. The molecule has 192 valence electrons. The zero-order valence-corrected chi connectivity index (χ0v) is 19.6. The van der Waals surface area contributed by atoms with Gasteiger partial charge in [-0.25, -0.2) is 4.98 Å². The summed E-state index contributed by atoms with van der Waals surface area (Å²) in [5.74, 6) is -1.02. The van der Waals surface area contributed by atoms with Gasteiger partial charge < -0.3 is 20.5 Å². The molecule has 1 aliphatic heterocycles. The number of hydrogen-bond donors (Lipinski definition) is 4. The summed E-state index contributed by atoms with van der Waals surface area (Å²) >= 11 is 6.28. The molecule has 4 N–H and O–H groups in total. The van der Waals surface area contributed by atoms with E-state index >= 15 is 0 Å². The molecule has 0 spiro atoms. The van der Waals surface area contributed by atoms with E-state index in [1.807, 2.05) is 0 Å². The number of halogens is 5. The predicted octanol–water partition coefficient (Wildman–Crippen LogP) is 3.21. The number of aromatic amines is 2. The summed E-state index contributed by atoms with van der Waals surface area (Å²) in [5, 5.41) is 11.4. The molecule has 0 radical (unpaired) electrons. The van der Waals surface area contributed by atoms with E-state index in [0.717, 1.165) is 0 Å². The standard InChI is InChI=1S/C22H22ClF4N7O2/c23-16-10-12(1-2-14(16)21(36)34-7-5-28-6-8-34)31-20(35)19-29-11-13(30-19)9-15-17(3-4-24)32-33-18(15)22(25,26)27/h1-2,10-11,28H,3-9H2,(H,29,30)(H,31,35)(H,32,33). The quantitative estimate of drug-likeness (QED) is 0.352. The molecule has 0 unspecified atom stereocenters. The summed E-state index contributed by atoms with van der Waals surface area (Å²) in [6.45, 7) is 1.65. The monoisotopic (exact) mass is 527 g/mol. The van der Waals surface area contributed by atoms with Gasteiger partial charge in [0, 0.05) is 67.9 Å². The molecule has 3 aromatic rings. The lowest BCUT2D eigenvalue weighted by Crippen LogP contribution is -2.46. The molecule has 4 rings (SSSR count). The maximum Gasteiger partial charge on any atom is 0.435 e. The summed E-state index contributed by atoms with van der Waals surface area (Å²) in [4.78, 5) is 33.6. The number of aryl methyl sites for hydroxylation is 1. The summed E-state index contributed by atoms with van der Waals surface area (Å²) in [7, 11) is 0. The van der Waals surface area contributed by atoms with Crippen molar-refractivity contribution in [2.75, 3.05) is 38.2 Å². The van der Waals surface area contributed by atoms with Gasteiger partial charge in [-0.05, 0) is 18.2 Å². The third-order valence-electron chi connectivity index (χ3n) is 5.64. The fourth-order valence-corrected chi connectivity index (χ4v) is 4.14. The van der Waals surface area contributed by atoms with Crippen LogP contribution in [-0.2, 0) is 19.0 Å². The number of benzene rings is 1. The average Bonchev–Trinajstić information content (AvgIpc) is 3.47. The van der Waals surface area contributed by atoms with Crippen molar-refractivity contribution in [1.29, 1.82) is 0 Å². The SMILES string of the molecule is O=C(Nc1ccc(C(=O)N2CCNCC2)c(Cl)c1)c1ncc(Cc2c(C(F)(F)F)n[nH]c2CCF)[nH]1. The number of H-pyrrole nitrogens is 2. The van der Waals surface area contributed by atoms with Crippen molar-refractivity contribution in [2.24, 2.45) is 0 Å². The van der Waals surface area contributed by atoms with Crippen LogP contribution in [0.15, 0.2) is 24.4 Å². The first kappa shape index (κ1) is 25.6. The highest BCUT2D eigenvalue weighted by Crippen LogP contribution is 2.33. The molecule has 0 aliphatic carbocycles. The maximum atomic E-state index is 13.3. The van der Waals surface area contributed by atoms with E-state index in [1.54, 1.807) is 4.90 Å². The topological polar surface area (TPSA) is 119 Å². The van der Waals surface area contributed by atoms with E-state index < -0.39 is 24.5 Å². The highest BCUT2D eigenvalue weighted by Gasteiger charge is 2.38. The minimum absolute atomic E-state index is 0.0236. The minimum atomic E-state index is -4.72. The van der Waals surface area contributed by atoms with E-state index in [4.69, 9.17) is 11.6 Å². The van der Waals surface area contributed by atoms with Crippen LogP contribution in [-0.4, -0.2) is 69.7 Å². The van der Waals surface area contributed by atoms with Crippen LogP contribution >= 0.6 is 11.6 Å². The van der Waals surface area contributed by atoms with Crippen LogP contribution in [0, 0.1) is 0 Å². The Labute approximate surface area is 207 Å². The Morgan fingerprint density at radius 2 is 1.94 bits per heavy atom. The normalized spacial score (nSPS) is 14.2. The number of nitrogens with zero attached hydrogens (tertiary/aromatic N) is 3. The molecule has 0 saturated carbocycles. The molecule has 1 saturated heterocycles. The van der Waals surface area contributed by atoms with E-state index in [2.05, 4.69) is 30.8 Å². The summed E-state index contributed by atoms with van der Waals surface area (Å²) in [5.41, 5.74) is -0.512. The van der Waals surface area contributed by atoms with Gasteiger partial charge in [-0.2, -0.15) is 18.3 Å². The van der Waals surface area contributed by atoms with Gasteiger partial charge in [-0.15, -0.1) is 0 Å². The molecule has 1 aliphatic rings. The van der Waals surface area contributed by atoms with Crippen LogP contribution < -0.4 is 10.6 Å². The molecule has 1 fully saturated rings. The Balaban J connectivity index is 1.45. The smallest absolute Gasteiger partial charge is 0.337 e. The molecule has 2 aromatic heterocycles. The summed E-state index contributed by atoms with van der Waals surface area (Å²) < 4.78 is 52.7. The number of rotatable bonds is 7. The maximum absolute atomic E-state index is 13.3. The fraction of sp³-hybridized carbons (Fsp3) is 0.364. The van der Waals surface area contributed by atoms with Crippen LogP contribution in [0.2, 0.25) is 5.02 Å². The van der Waals surface area contributed by atoms with Crippen LogP contribution in [0.25, 0.3) is 0 Å². The molecular weight excluding hydrogens is 506 g/mol. The molecule has 3 heterocycles. The van der Waals surface area contributed by atoms with Gasteiger partial charge in [0.1, 0.15) is 0 Å². The van der Waals surface area contributed by atoms with Crippen molar-refractivity contribution in [2.45, 2.75) is 19.0 Å². The number of aromatic nitrogens is 4. The summed E-state index contributed by atoms with van der Waals surface area (Å²) in [6, 6.07) is 4.47. The molecule has 14 heteroatoms. The van der Waals surface area contributed by atoms with Crippen molar-refractivity contribution < 1.29 is 27.2 Å². The van der Waals surface area contributed by atoms with Crippen LogP contribution in [0.5, 0.6) is 0 Å². The Bertz CT molecular complexity index is 1250. The zero-order chi connectivity index (χ0) is 25.9. The predicted molar refractivity (Wildman–Crippen MR) is 123 cm³/mol. The van der Waals surface area contributed by atoms with Crippen molar-refractivity contribution in [3.05, 3.63) is 63.5 Å². The second-order valence-electron chi connectivity index (χ2n) is 8.09. The van der Waals surface area contributed by atoms with Gasteiger partial charge in [0.15, 0.2) is 11.5 Å². The second kappa shape index (κ2) is 10.7. The van der Waals surface area contributed by atoms with Crippen molar-refractivity contribution >= 4 is 29.1 Å². The number of anilines is 1. The Morgan fingerprint density at radius 3 is 2.61 bits per heavy atom. The Kier molecular flexibility index (Phi) is 7.59. The number of piperazine rings is 1. The van der Waals surface area contributed by atoms with Crippen molar-refractivity contribution in [1.82, 2.24) is 30.4 Å². The molecule has 1 aromatic carbocycles. The number of amides is 2. The molecule has 36 heavy (non-hydrogen) atoms. The molecular formula is C22H22ClF4N7O2. The zero-order valence-electron chi connectivity index (χ0n) is 18.8. The van der Waals surface area contributed by atoms with Crippen molar-refractivity contribution in [3.63, 3.8) is 0 Å². The number of alkyl halides is 4. The largest absolute Gasteiger partial charge is 0.435 e. The number of nitrogens with one attached hydrogen (secondary N) is 4. The number of carbonyl (C=O) groups excluding carboxylic acids is 2. The first-order valence-corrected chi connectivity index (χ1v) is 11.4. The van der Waals surface area contributed by atoms with Gasteiger partial charge in [-0.1, -0.05) is 11.6 Å². The Hall–Kier alpha value is -3.45. The average molecular weight is 528 g/mol. The van der Waals surface area contributed by atoms with E-state index in [1.165, 1.54) is 24.4 Å². The molecule has 0 bridgehead atoms. The first-order valence-electron chi connectivity index (χ1n) is 11.0. The fourth-order valence-electron chi connectivity index (χ4n) is 3.88. The van der Waals surface area contributed by atoms with Gasteiger partial charge in [0.25, 0.3) is 11.8 Å². The van der Waals surface area contributed by atoms with Gasteiger partial charge in [0.05, 0.1) is 17.3 Å². The Morgan fingerprint density at radius 1 is 1.19 bits per heavy atom. The second-order valence-corrected chi connectivity index (χ2v) is 8.50. The van der Waals surface area contributed by atoms with E-state index in [9.17, 15) is 27.2 Å². The third kappa shape index (κ3) is 5.68. The van der Waals surface area contributed by atoms with Gasteiger partial charge >= 0.3 is 6.18 Å². The van der Waals surface area contributed by atoms with Crippen LogP contribution in [0.1, 0.15) is 43.6 Å². The first-order chi connectivity index (χ1) is 17.2. The lowest BCUT2D eigenvalue weighted by atomic mass is 10.1. The molecule has 0 atom stereocenters. The van der Waals surface area contributed by atoms with Gasteiger partial charge in [0.2, 0.25) is 0 Å². The highest BCUT2D eigenvalue weighted by atomic mass is 35.5. The van der Waals surface area contributed by atoms with Gasteiger partial charge in [-0.3, -0.25) is 19.1 Å². The van der Waals surface area contributed by atoms with Crippen LogP contribution in [0.4, 0.5) is 23.2 Å². The minimum Gasteiger partial charge on any atom is -0.337 e. The molecule has 2 amide bonds. The number of imidazole rings is 1. The molecule has 9 nitrogen and oxygen atoms in total. The lowest BCUT2D eigenvalue weighted by molar-refractivity contribution is -0.141. The van der Waals surface area contributed by atoms with E-state index in [-0.39, 0.29) is 46.5 Å². The summed E-state index contributed by atoms with van der Waals surface area (Å²) in [6.07, 6.45) is -4.04. The highest BCUT2D eigenvalue weighted by molar-refractivity contribution is 6.34. The third-order valence-corrected chi connectivity index (χ3v) is 5.95.